The highest BCUT2D eigenvalue weighted by atomic mass is 35.5. The van der Waals surface area contributed by atoms with Gasteiger partial charge in [0.15, 0.2) is 0 Å². The number of amides is 1. The van der Waals surface area contributed by atoms with E-state index in [0.717, 1.165) is 5.56 Å². The third-order valence-electron chi connectivity index (χ3n) is 3.21. The van der Waals surface area contributed by atoms with Gasteiger partial charge in [0, 0.05) is 16.3 Å². The summed E-state index contributed by atoms with van der Waals surface area (Å²) in [6.07, 6.45) is 0. The summed E-state index contributed by atoms with van der Waals surface area (Å²) in [6, 6.07) is 13.8. The monoisotopic (exact) mass is 393 g/mol. The molecular weight excluding hydrogens is 381 g/mol. The van der Waals surface area contributed by atoms with Crippen molar-refractivity contribution in [2.24, 2.45) is 0 Å². The molecular formula is C17H13ClFN3OS2. The van der Waals surface area contributed by atoms with Crippen LogP contribution in [0.5, 0.6) is 0 Å². The number of carbonyl (C=O) groups is 1. The molecule has 0 atom stereocenters. The van der Waals surface area contributed by atoms with Crippen molar-refractivity contribution in [2.75, 3.05) is 11.1 Å². The van der Waals surface area contributed by atoms with Crippen LogP contribution in [0.15, 0.2) is 48.5 Å². The Morgan fingerprint density at radius 1 is 1.16 bits per heavy atom. The van der Waals surface area contributed by atoms with Crippen molar-refractivity contribution in [3.63, 3.8) is 0 Å². The molecule has 128 valence electrons. The Labute approximate surface area is 157 Å². The number of thioether (sulfide) groups is 1. The molecule has 1 N–H and O–H groups in total. The van der Waals surface area contributed by atoms with Crippen LogP contribution in [0, 0.1) is 5.82 Å². The Balaban J connectivity index is 1.51. The lowest BCUT2D eigenvalue weighted by atomic mass is 10.2. The lowest BCUT2D eigenvalue weighted by Gasteiger charge is -2.03. The van der Waals surface area contributed by atoms with Gasteiger partial charge in [-0.15, -0.1) is 22.0 Å². The zero-order valence-electron chi connectivity index (χ0n) is 12.9. The summed E-state index contributed by atoms with van der Waals surface area (Å²) in [5, 5.41) is 12.5. The molecule has 1 amide bonds. The molecule has 0 aliphatic rings. The van der Waals surface area contributed by atoms with Crippen LogP contribution in [0.25, 0.3) is 10.6 Å². The van der Waals surface area contributed by atoms with Crippen LogP contribution >= 0.6 is 34.7 Å². The highest BCUT2D eigenvalue weighted by Crippen LogP contribution is 2.27. The number of rotatable bonds is 6. The molecule has 4 nitrogen and oxygen atoms in total. The lowest BCUT2D eigenvalue weighted by molar-refractivity contribution is -0.113. The maximum Gasteiger partial charge on any atom is 0.236 e. The van der Waals surface area contributed by atoms with E-state index in [0.29, 0.717) is 26.5 Å². The van der Waals surface area contributed by atoms with Gasteiger partial charge in [0.25, 0.3) is 0 Å². The van der Waals surface area contributed by atoms with Gasteiger partial charge in [-0.1, -0.05) is 53.3 Å². The van der Waals surface area contributed by atoms with Crippen LogP contribution in [0.1, 0.15) is 5.56 Å². The fourth-order valence-electron chi connectivity index (χ4n) is 2.01. The summed E-state index contributed by atoms with van der Waals surface area (Å²) in [5.74, 6) is 0.198. The Morgan fingerprint density at radius 3 is 2.68 bits per heavy atom. The topological polar surface area (TPSA) is 54.9 Å². The Morgan fingerprint density at radius 2 is 1.92 bits per heavy atom. The van der Waals surface area contributed by atoms with E-state index in [-0.39, 0.29) is 17.5 Å². The van der Waals surface area contributed by atoms with Crippen molar-refractivity contribution >= 4 is 45.7 Å². The number of halogens is 2. The van der Waals surface area contributed by atoms with Crippen LogP contribution in [0.3, 0.4) is 0 Å². The smallest absolute Gasteiger partial charge is 0.236 e. The van der Waals surface area contributed by atoms with Crippen molar-refractivity contribution in [3.05, 3.63) is 64.9 Å². The van der Waals surface area contributed by atoms with E-state index >= 15 is 0 Å². The number of nitrogens with one attached hydrogen (secondary N) is 1. The minimum Gasteiger partial charge on any atom is -0.300 e. The predicted octanol–water partition coefficient (Wildman–Crippen LogP) is 4.87. The molecule has 25 heavy (non-hydrogen) atoms. The normalized spacial score (nSPS) is 10.6. The van der Waals surface area contributed by atoms with Crippen LogP contribution in [-0.4, -0.2) is 21.9 Å². The minimum absolute atomic E-state index is 0.194. The van der Waals surface area contributed by atoms with Crippen LogP contribution in [0.4, 0.5) is 9.52 Å². The van der Waals surface area contributed by atoms with Gasteiger partial charge in [-0.05, 0) is 23.8 Å². The average molecular weight is 394 g/mol. The second kappa shape index (κ2) is 8.42. The Kier molecular flexibility index (Phi) is 6.01. The van der Waals surface area contributed by atoms with Gasteiger partial charge >= 0.3 is 0 Å². The Bertz CT molecular complexity index is 870. The van der Waals surface area contributed by atoms with E-state index in [2.05, 4.69) is 15.5 Å². The van der Waals surface area contributed by atoms with Gasteiger partial charge in [0.05, 0.1) is 5.75 Å². The van der Waals surface area contributed by atoms with E-state index in [9.17, 15) is 9.18 Å². The molecule has 8 heteroatoms. The van der Waals surface area contributed by atoms with Crippen molar-refractivity contribution < 1.29 is 9.18 Å². The largest absolute Gasteiger partial charge is 0.300 e. The highest BCUT2D eigenvalue weighted by Gasteiger charge is 2.10. The molecule has 0 aliphatic carbocycles. The third kappa shape index (κ3) is 5.01. The van der Waals surface area contributed by atoms with E-state index in [1.54, 1.807) is 30.3 Å². The molecule has 0 spiro atoms. The van der Waals surface area contributed by atoms with E-state index in [1.165, 1.54) is 29.2 Å². The molecule has 0 aliphatic heterocycles. The molecule has 1 aromatic heterocycles. The first kappa shape index (κ1) is 17.8. The minimum atomic E-state index is -0.257. The Hall–Kier alpha value is -1.96. The van der Waals surface area contributed by atoms with Gasteiger partial charge < -0.3 is 0 Å². The number of hydrogen-bond acceptors (Lipinski definition) is 5. The zero-order chi connectivity index (χ0) is 17.6. The number of aromatic nitrogens is 2. The van der Waals surface area contributed by atoms with Crippen molar-refractivity contribution in [1.29, 1.82) is 0 Å². The molecule has 0 bridgehead atoms. The maximum absolute atomic E-state index is 13.5. The summed E-state index contributed by atoms with van der Waals surface area (Å²) in [4.78, 5) is 12.0. The van der Waals surface area contributed by atoms with Gasteiger partial charge in [0.2, 0.25) is 11.0 Å². The third-order valence-corrected chi connectivity index (χ3v) is 5.33. The number of anilines is 1. The molecule has 0 fully saturated rings. The average Bonchev–Trinajstić information content (AvgIpc) is 3.05. The number of carbonyl (C=O) groups excluding carboxylic acids is 1. The van der Waals surface area contributed by atoms with E-state index in [1.807, 2.05) is 12.1 Å². The van der Waals surface area contributed by atoms with E-state index < -0.39 is 0 Å². The highest BCUT2D eigenvalue weighted by molar-refractivity contribution is 7.99. The predicted molar refractivity (Wildman–Crippen MR) is 102 cm³/mol. The maximum atomic E-state index is 13.5. The summed E-state index contributed by atoms with van der Waals surface area (Å²) in [7, 11) is 0. The second-order valence-electron chi connectivity index (χ2n) is 5.05. The molecule has 2 aromatic carbocycles. The lowest BCUT2D eigenvalue weighted by Crippen LogP contribution is -2.14. The van der Waals surface area contributed by atoms with Crippen LogP contribution in [-0.2, 0) is 10.5 Å². The van der Waals surface area contributed by atoms with Crippen LogP contribution < -0.4 is 5.32 Å². The summed E-state index contributed by atoms with van der Waals surface area (Å²) < 4.78 is 13.5. The van der Waals surface area contributed by atoms with E-state index in [4.69, 9.17) is 11.6 Å². The molecule has 0 radical (unpaired) electrons. The van der Waals surface area contributed by atoms with Gasteiger partial charge in [-0.2, -0.15) is 0 Å². The summed E-state index contributed by atoms with van der Waals surface area (Å²) in [6.45, 7) is 0. The number of hydrogen-bond donors (Lipinski definition) is 1. The quantitative estimate of drug-likeness (QED) is 0.649. The standard InChI is InChI=1S/C17H13ClFN3OS2/c18-13-7-5-11(6-8-13)16-21-22-17(25-16)20-15(23)10-24-9-12-3-1-2-4-14(12)19/h1-8H,9-10H2,(H,20,22,23). The van der Waals surface area contributed by atoms with Gasteiger partial charge in [-0.3, -0.25) is 10.1 Å². The van der Waals surface area contributed by atoms with Gasteiger partial charge in [0.1, 0.15) is 10.8 Å². The first-order chi connectivity index (χ1) is 12.1. The van der Waals surface area contributed by atoms with Crippen molar-refractivity contribution in [3.8, 4) is 10.6 Å². The number of nitrogens with zero attached hydrogens (tertiary/aromatic N) is 2. The van der Waals surface area contributed by atoms with Gasteiger partial charge in [-0.25, -0.2) is 4.39 Å². The summed E-state index contributed by atoms with van der Waals surface area (Å²) in [5.41, 5.74) is 1.47. The summed E-state index contributed by atoms with van der Waals surface area (Å²) >= 11 is 8.49. The van der Waals surface area contributed by atoms with Crippen molar-refractivity contribution in [1.82, 2.24) is 10.2 Å². The number of benzene rings is 2. The zero-order valence-corrected chi connectivity index (χ0v) is 15.3. The fraction of sp³-hybridized carbons (Fsp3) is 0.118. The molecule has 0 saturated heterocycles. The van der Waals surface area contributed by atoms with Crippen LogP contribution in [0.2, 0.25) is 5.02 Å². The first-order valence-electron chi connectivity index (χ1n) is 7.32. The fourth-order valence-corrected chi connectivity index (χ4v) is 3.71. The molecule has 3 rings (SSSR count). The first-order valence-corrected chi connectivity index (χ1v) is 9.67. The molecule has 0 saturated carbocycles. The molecule has 1 heterocycles. The molecule has 0 unspecified atom stereocenters. The SMILES string of the molecule is O=C(CSCc1ccccc1F)Nc1nnc(-c2ccc(Cl)cc2)s1. The molecule has 3 aromatic rings. The second-order valence-corrected chi connectivity index (χ2v) is 7.45. The van der Waals surface area contributed by atoms with Crippen molar-refractivity contribution in [2.45, 2.75) is 5.75 Å².